The van der Waals surface area contributed by atoms with E-state index in [1.54, 1.807) is 24.3 Å². The lowest BCUT2D eigenvalue weighted by Gasteiger charge is -1.99. The summed E-state index contributed by atoms with van der Waals surface area (Å²) in [5.74, 6) is 0.111. The monoisotopic (exact) mass is 240 g/mol. The number of ketones is 1. The Morgan fingerprint density at radius 1 is 1.54 bits per heavy atom. The van der Waals surface area contributed by atoms with Crippen LogP contribution < -0.4 is 0 Å². The Labute approximate surface area is 85.0 Å². The van der Waals surface area contributed by atoms with E-state index in [9.17, 15) is 9.90 Å². The molecule has 1 N–H and O–H groups in total. The van der Waals surface area contributed by atoms with Crippen LogP contribution in [0.25, 0.3) is 6.08 Å². The summed E-state index contributed by atoms with van der Waals surface area (Å²) in [5.41, 5.74) is 0.629. The average molecular weight is 241 g/mol. The molecule has 13 heavy (non-hydrogen) atoms. The molecule has 0 fully saturated rings. The van der Waals surface area contributed by atoms with E-state index in [0.29, 0.717) is 10.0 Å². The van der Waals surface area contributed by atoms with Gasteiger partial charge in [0.25, 0.3) is 0 Å². The van der Waals surface area contributed by atoms with E-state index in [1.807, 2.05) is 0 Å². The zero-order chi connectivity index (χ0) is 9.84. The molecule has 1 aromatic rings. The molecular weight excluding hydrogens is 232 g/mol. The van der Waals surface area contributed by atoms with Gasteiger partial charge in [-0.3, -0.25) is 4.79 Å². The zero-order valence-corrected chi connectivity index (χ0v) is 8.71. The van der Waals surface area contributed by atoms with Crippen LogP contribution in [0, 0.1) is 0 Å². The Bertz CT molecular complexity index is 356. The highest BCUT2D eigenvalue weighted by Crippen LogP contribution is 2.28. The molecule has 0 heterocycles. The van der Waals surface area contributed by atoms with Crippen molar-refractivity contribution in [2.45, 2.75) is 6.92 Å². The first-order valence-corrected chi connectivity index (χ1v) is 4.56. The van der Waals surface area contributed by atoms with Gasteiger partial charge < -0.3 is 5.11 Å². The normalized spacial score (nSPS) is 10.6. The number of hydrogen-bond acceptors (Lipinski definition) is 2. The summed E-state index contributed by atoms with van der Waals surface area (Å²) in [6.07, 6.45) is 3.00. The van der Waals surface area contributed by atoms with Crippen LogP contribution >= 0.6 is 15.9 Å². The van der Waals surface area contributed by atoms with Crippen LogP contribution in [0.4, 0.5) is 0 Å². The molecule has 0 amide bonds. The third-order valence-corrected chi connectivity index (χ3v) is 2.16. The van der Waals surface area contributed by atoms with E-state index < -0.39 is 0 Å². The highest BCUT2D eigenvalue weighted by Gasteiger charge is 2.00. The zero-order valence-electron chi connectivity index (χ0n) is 7.12. The number of benzene rings is 1. The fraction of sp³-hybridized carbons (Fsp3) is 0.100. The fourth-order valence-electron chi connectivity index (χ4n) is 0.874. The van der Waals surface area contributed by atoms with Crippen molar-refractivity contribution in [1.82, 2.24) is 0 Å². The van der Waals surface area contributed by atoms with Crippen molar-refractivity contribution in [2.24, 2.45) is 0 Å². The second-order valence-corrected chi connectivity index (χ2v) is 3.48. The fourth-order valence-corrected chi connectivity index (χ4v) is 1.26. The number of allylic oxidation sites excluding steroid dienone is 1. The van der Waals surface area contributed by atoms with E-state index in [2.05, 4.69) is 15.9 Å². The van der Waals surface area contributed by atoms with Gasteiger partial charge >= 0.3 is 0 Å². The van der Waals surface area contributed by atoms with Crippen LogP contribution in [0.1, 0.15) is 12.5 Å². The molecule has 68 valence electrons. The van der Waals surface area contributed by atoms with Crippen molar-refractivity contribution < 1.29 is 9.90 Å². The maximum atomic E-state index is 10.6. The molecular formula is C10H9BrO2. The third-order valence-electron chi connectivity index (χ3n) is 1.52. The lowest BCUT2D eigenvalue weighted by molar-refractivity contribution is -0.112. The first kappa shape index (κ1) is 9.99. The molecule has 1 aromatic carbocycles. The van der Waals surface area contributed by atoms with Crippen molar-refractivity contribution in [2.75, 3.05) is 0 Å². The number of carbonyl (C=O) groups is 1. The van der Waals surface area contributed by atoms with Gasteiger partial charge in [-0.25, -0.2) is 0 Å². The highest BCUT2D eigenvalue weighted by molar-refractivity contribution is 9.10. The van der Waals surface area contributed by atoms with Crippen LogP contribution in [0.2, 0.25) is 0 Å². The quantitative estimate of drug-likeness (QED) is 0.808. The van der Waals surface area contributed by atoms with Crippen molar-refractivity contribution in [1.29, 1.82) is 0 Å². The van der Waals surface area contributed by atoms with Gasteiger partial charge in [0, 0.05) is 5.56 Å². The van der Waals surface area contributed by atoms with Crippen molar-refractivity contribution in [3.05, 3.63) is 34.3 Å². The number of para-hydroxylation sites is 1. The van der Waals surface area contributed by atoms with E-state index in [-0.39, 0.29) is 11.5 Å². The van der Waals surface area contributed by atoms with Gasteiger partial charge in [-0.1, -0.05) is 12.1 Å². The Morgan fingerprint density at radius 3 is 2.85 bits per heavy atom. The SMILES string of the molecule is CC(=O)/C=C/c1cccc(Br)c1O. The van der Waals surface area contributed by atoms with Crippen LogP contribution in [0.3, 0.4) is 0 Å². The smallest absolute Gasteiger partial charge is 0.152 e. The largest absolute Gasteiger partial charge is 0.506 e. The highest BCUT2D eigenvalue weighted by atomic mass is 79.9. The van der Waals surface area contributed by atoms with E-state index in [4.69, 9.17) is 0 Å². The number of aromatic hydroxyl groups is 1. The Balaban J connectivity index is 3.02. The molecule has 0 saturated carbocycles. The second kappa shape index (κ2) is 4.23. The van der Waals surface area contributed by atoms with Crippen molar-refractivity contribution in [3.8, 4) is 5.75 Å². The molecule has 1 rings (SSSR count). The number of carbonyl (C=O) groups excluding carboxylic acids is 1. The summed E-state index contributed by atoms with van der Waals surface area (Å²) in [7, 11) is 0. The molecule has 0 aliphatic heterocycles. The topological polar surface area (TPSA) is 37.3 Å². The minimum atomic E-state index is -0.0422. The second-order valence-electron chi connectivity index (χ2n) is 2.62. The van der Waals surface area contributed by atoms with Gasteiger partial charge in [0.2, 0.25) is 0 Å². The molecule has 0 bridgehead atoms. The summed E-state index contributed by atoms with van der Waals surface area (Å²) in [6.45, 7) is 1.46. The van der Waals surface area contributed by atoms with Gasteiger partial charge in [-0.15, -0.1) is 0 Å². The third kappa shape index (κ3) is 2.70. The maximum Gasteiger partial charge on any atom is 0.152 e. The van der Waals surface area contributed by atoms with Gasteiger partial charge in [0.15, 0.2) is 5.78 Å². The molecule has 0 radical (unpaired) electrons. The van der Waals surface area contributed by atoms with E-state index in [0.717, 1.165) is 0 Å². The van der Waals surface area contributed by atoms with E-state index >= 15 is 0 Å². The Kier molecular flexibility index (Phi) is 3.25. The molecule has 0 aliphatic rings. The molecule has 2 nitrogen and oxygen atoms in total. The van der Waals surface area contributed by atoms with Gasteiger partial charge in [-0.2, -0.15) is 0 Å². The number of halogens is 1. The number of phenols is 1. The number of phenolic OH excluding ortho intramolecular Hbond substituents is 1. The minimum absolute atomic E-state index is 0.0422. The van der Waals surface area contributed by atoms with Gasteiger partial charge in [-0.05, 0) is 41.1 Å². The number of rotatable bonds is 2. The molecule has 0 atom stereocenters. The lowest BCUT2D eigenvalue weighted by Crippen LogP contribution is -1.81. The first-order chi connectivity index (χ1) is 6.11. The van der Waals surface area contributed by atoms with E-state index in [1.165, 1.54) is 13.0 Å². The average Bonchev–Trinajstić information content (AvgIpc) is 2.07. The summed E-state index contributed by atoms with van der Waals surface area (Å²) < 4.78 is 0.623. The molecule has 0 saturated heterocycles. The summed E-state index contributed by atoms with van der Waals surface area (Å²) in [4.78, 5) is 10.6. The molecule has 3 heteroatoms. The molecule has 0 aromatic heterocycles. The standard InChI is InChI=1S/C10H9BrO2/c1-7(12)5-6-8-3-2-4-9(11)10(8)13/h2-6,13H,1H3/b6-5+. The lowest BCUT2D eigenvalue weighted by atomic mass is 10.2. The maximum absolute atomic E-state index is 10.6. The van der Waals surface area contributed by atoms with Crippen LogP contribution in [-0.2, 0) is 4.79 Å². The molecule has 0 unspecified atom stereocenters. The minimum Gasteiger partial charge on any atom is -0.506 e. The van der Waals surface area contributed by atoms with Gasteiger partial charge in [0.05, 0.1) is 4.47 Å². The van der Waals surface area contributed by atoms with Crippen molar-refractivity contribution >= 4 is 27.8 Å². The summed E-state index contributed by atoms with van der Waals surface area (Å²) in [6, 6.07) is 5.27. The molecule has 0 aliphatic carbocycles. The molecule has 0 spiro atoms. The Hall–Kier alpha value is -1.09. The Morgan fingerprint density at radius 2 is 2.23 bits per heavy atom. The van der Waals surface area contributed by atoms with Crippen LogP contribution in [0.5, 0.6) is 5.75 Å². The predicted molar refractivity (Wildman–Crippen MR) is 55.5 cm³/mol. The summed E-state index contributed by atoms with van der Waals surface area (Å²) >= 11 is 3.18. The van der Waals surface area contributed by atoms with Gasteiger partial charge in [0.1, 0.15) is 5.75 Å². The predicted octanol–water partition coefficient (Wildman–Crippen LogP) is 2.76. The van der Waals surface area contributed by atoms with Crippen molar-refractivity contribution in [3.63, 3.8) is 0 Å². The van der Waals surface area contributed by atoms with Crippen LogP contribution in [-0.4, -0.2) is 10.9 Å². The summed E-state index contributed by atoms with van der Waals surface area (Å²) in [5, 5.41) is 9.50. The number of hydrogen-bond donors (Lipinski definition) is 1. The van der Waals surface area contributed by atoms with Crippen LogP contribution in [0.15, 0.2) is 28.7 Å². The first-order valence-electron chi connectivity index (χ1n) is 3.77.